The summed E-state index contributed by atoms with van der Waals surface area (Å²) in [5.41, 5.74) is 6.76. The first-order chi connectivity index (χ1) is 9.72. The van der Waals surface area contributed by atoms with Gasteiger partial charge in [-0.05, 0) is 37.4 Å². The van der Waals surface area contributed by atoms with Crippen LogP contribution in [-0.4, -0.2) is 37.6 Å². The molecule has 1 saturated carbocycles. The number of likely N-dealkylation sites (N-methyl/N-ethyl adjacent to an activating group) is 1. The lowest BCUT2D eigenvalue weighted by atomic mass is 9.94. The van der Waals surface area contributed by atoms with Crippen molar-refractivity contribution in [3.05, 3.63) is 18.3 Å². The molecule has 0 radical (unpaired) electrons. The number of aromatic nitrogens is 1. The third-order valence-corrected chi connectivity index (χ3v) is 4.62. The molecular weight excluding hydrogens is 252 g/mol. The lowest BCUT2D eigenvalue weighted by Crippen LogP contribution is -2.46. The van der Waals surface area contributed by atoms with Gasteiger partial charge in [0.05, 0.1) is 5.69 Å². The highest BCUT2D eigenvalue weighted by atomic mass is 16.2. The number of nitrogens with two attached hydrogens (primary N) is 1. The fraction of sp³-hybridized carbons (Fsp3) is 0.600. The second-order valence-electron chi connectivity index (χ2n) is 5.79. The van der Waals surface area contributed by atoms with E-state index in [2.05, 4.69) is 9.88 Å². The van der Waals surface area contributed by atoms with E-state index in [-0.39, 0.29) is 11.8 Å². The van der Waals surface area contributed by atoms with Crippen molar-refractivity contribution < 1.29 is 4.79 Å². The predicted molar refractivity (Wildman–Crippen MR) is 79.7 cm³/mol. The van der Waals surface area contributed by atoms with Gasteiger partial charge in [0.15, 0.2) is 5.82 Å². The van der Waals surface area contributed by atoms with E-state index in [1.165, 1.54) is 0 Å². The van der Waals surface area contributed by atoms with Crippen LogP contribution < -0.4 is 15.5 Å². The molecule has 1 fully saturated rings. The topological polar surface area (TPSA) is 62.5 Å². The molecule has 1 amide bonds. The summed E-state index contributed by atoms with van der Waals surface area (Å²) in [4.78, 5) is 21.3. The van der Waals surface area contributed by atoms with Crippen LogP contribution in [0.2, 0.25) is 0 Å². The van der Waals surface area contributed by atoms with Gasteiger partial charge in [-0.3, -0.25) is 4.79 Å². The van der Waals surface area contributed by atoms with Gasteiger partial charge in [-0.15, -0.1) is 0 Å². The van der Waals surface area contributed by atoms with Gasteiger partial charge in [-0.1, -0.05) is 6.42 Å². The molecule has 2 N–H and O–H groups in total. The number of carbonyl (C=O) groups excluding carboxylic acids is 1. The zero-order chi connectivity index (χ0) is 14.1. The van der Waals surface area contributed by atoms with Crippen molar-refractivity contribution in [3.63, 3.8) is 0 Å². The Labute approximate surface area is 119 Å². The molecule has 1 aliphatic heterocycles. The minimum Gasteiger partial charge on any atom is -0.356 e. The van der Waals surface area contributed by atoms with Gasteiger partial charge >= 0.3 is 0 Å². The molecule has 1 aromatic heterocycles. The van der Waals surface area contributed by atoms with Gasteiger partial charge in [0.25, 0.3) is 0 Å². The molecule has 0 unspecified atom stereocenters. The van der Waals surface area contributed by atoms with E-state index in [9.17, 15) is 4.79 Å². The van der Waals surface area contributed by atoms with Crippen LogP contribution in [0.5, 0.6) is 0 Å². The summed E-state index contributed by atoms with van der Waals surface area (Å²) in [6, 6.07) is 3.88. The summed E-state index contributed by atoms with van der Waals surface area (Å²) in [6.45, 7) is 2.18. The van der Waals surface area contributed by atoms with Gasteiger partial charge in [0.2, 0.25) is 5.91 Å². The highest BCUT2D eigenvalue weighted by Gasteiger charge is 2.37. The molecule has 108 valence electrons. The first-order valence-corrected chi connectivity index (χ1v) is 7.40. The van der Waals surface area contributed by atoms with Crippen LogP contribution in [0.4, 0.5) is 11.5 Å². The van der Waals surface area contributed by atoms with Crippen LogP contribution in [0, 0.1) is 11.8 Å². The molecule has 0 aromatic carbocycles. The number of rotatable bonds is 2. The summed E-state index contributed by atoms with van der Waals surface area (Å²) in [7, 11) is 2.02. The first kappa shape index (κ1) is 13.4. The Bertz CT molecular complexity index is 504. The number of amides is 1. The fourth-order valence-corrected chi connectivity index (χ4v) is 3.44. The number of anilines is 2. The van der Waals surface area contributed by atoms with Gasteiger partial charge in [-0.25, -0.2) is 4.98 Å². The molecule has 5 nitrogen and oxygen atoms in total. The fourth-order valence-electron chi connectivity index (χ4n) is 3.44. The summed E-state index contributed by atoms with van der Waals surface area (Å²) in [5.74, 6) is 1.58. The monoisotopic (exact) mass is 274 g/mol. The number of fused-ring (bicyclic) bond motifs is 1. The van der Waals surface area contributed by atoms with E-state index in [0.29, 0.717) is 12.5 Å². The lowest BCUT2D eigenvalue weighted by Gasteiger charge is -2.36. The number of carbonyl (C=O) groups is 1. The second-order valence-corrected chi connectivity index (χ2v) is 5.79. The molecule has 3 rings (SSSR count). The summed E-state index contributed by atoms with van der Waals surface area (Å²) < 4.78 is 0. The van der Waals surface area contributed by atoms with E-state index in [0.717, 1.165) is 43.9 Å². The van der Waals surface area contributed by atoms with Crippen LogP contribution >= 0.6 is 0 Å². The molecule has 1 aliphatic carbocycles. The normalized spacial score (nSPS) is 25.7. The van der Waals surface area contributed by atoms with Crippen molar-refractivity contribution >= 4 is 17.4 Å². The number of nitrogens with zero attached hydrogens (tertiary/aromatic N) is 3. The molecule has 2 heterocycles. The van der Waals surface area contributed by atoms with Gasteiger partial charge in [-0.2, -0.15) is 0 Å². The highest BCUT2D eigenvalue weighted by molar-refractivity contribution is 5.98. The third-order valence-electron chi connectivity index (χ3n) is 4.62. The quantitative estimate of drug-likeness (QED) is 0.881. The molecule has 20 heavy (non-hydrogen) atoms. The molecule has 1 aromatic rings. The molecule has 2 aliphatic rings. The third kappa shape index (κ3) is 2.16. The molecular formula is C15H22N4O. The van der Waals surface area contributed by atoms with Crippen molar-refractivity contribution in [1.82, 2.24) is 4.98 Å². The van der Waals surface area contributed by atoms with Crippen LogP contribution in [0.1, 0.15) is 19.3 Å². The van der Waals surface area contributed by atoms with Crippen molar-refractivity contribution in [1.29, 1.82) is 0 Å². The van der Waals surface area contributed by atoms with E-state index < -0.39 is 0 Å². The van der Waals surface area contributed by atoms with Crippen molar-refractivity contribution in [2.45, 2.75) is 19.3 Å². The Kier molecular flexibility index (Phi) is 3.61. The average molecular weight is 274 g/mol. The van der Waals surface area contributed by atoms with Crippen molar-refractivity contribution in [2.75, 3.05) is 36.5 Å². The van der Waals surface area contributed by atoms with Crippen LogP contribution in [0.15, 0.2) is 18.3 Å². The van der Waals surface area contributed by atoms with Gasteiger partial charge in [0, 0.05) is 32.3 Å². The molecule has 0 bridgehead atoms. The van der Waals surface area contributed by atoms with Crippen LogP contribution in [-0.2, 0) is 4.79 Å². The Morgan fingerprint density at radius 2 is 2.30 bits per heavy atom. The highest BCUT2D eigenvalue weighted by Crippen LogP contribution is 2.36. The Morgan fingerprint density at radius 3 is 3.10 bits per heavy atom. The van der Waals surface area contributed by atoms with Gasteiger partial charge < -0.3 is 15.5 Å². The van der Waals surface area contributed by atoms with E-state index in [1.807, 2.05) is 24.1 Å². The molecule has 2 atom stereocenters. The number of pyridine rings is 1. The zero-order valence-electron chi connectivity index (χ0n) is 12.0. The predicted octanol–water partition coefficient (Wildman–Crippen LogP) is 1.24. The van der Waals surface area contributed by atoms with Crippen LogP contribution in [0.3, 0.4) is 0 Å². The average Bonchev–Trinajstić information content (AvgIpc) is 2.96. The minimum atomic E-state index is 0.0939. The maximum absolute atomic E-state index is 12.9. The number of hydrogen-bond donors (Lipinski definition) is 1. The largest absolute Gasteiger partial charge is 0.356 e. The molecule has 5 heteroatoms. The maximum atomic E-state index is 12.9. The standard InChI is InChI=1S/C15H22N4O/c1-18-8-9-19(13-6-3-7-17-14(13)18)15(20)12-5-2-4-11(12)10-16/h3,6-7,11-12H,2,4-5,8-10,16H2,1H3/t11-,12-/m1/s1. The summed E-state index contributed by atoms with van der Waals surface area (Å²) in [6.07, 6.45) is 4.96. The van der Waals surface area contributed by atoms with Crippen molar-refractivity contribution in [3.8, 4) is 0 Å². The Hall–Kier alpha value is -1.62. The molecule has 0 saturated heterocycles. The molecule has 0 spiro atoms. The Balaban J connectivity index is 1.88. The summed E-state index contributed by atoms with van der Waals surface area (Å²) >= 11 is 0. The van der Waals surface area contributed by atoms with E-state index in [1.54, 1.807) is 6.20 Å². The number of hydrogen-bond acceptors (Lipinski definition) is 4. The van der Waals surface area contributed by atoms with E-state index >= 15 is 0 Å². The first-order valence-electron chi connectivity index (χ1n) is 7.40. The minimum absolute atomic E-state index is 0.0939. The van der Waals surface area contributed by atoms with Crippen LogP contribution in [0.25, 0.3) is 0 Å². The lowest BCUT2D eigenvalue weighted by molar-refractivity contribution is -0.123. The second kappa shape index (κ2) is 5.40. The smallest absolute Gasteiger partial charge is 0.230 e. The van der Waals surface area contributed by atoms with Crippen molar-refractivity contribution in [2.24, 2.45) is 17.6 Å². The zero-order valence-corrected chi connectivity index (χ0v) is 12.0. The van der Waals surface area contributed by atoms with E-state index in [4.69, 9.17) is 5.73 Å². The Morgan fingerprint density at radius 1 is 1.45 bits per heavy atom. The van der Waals surface area contributed by atoms with Gasteiger partial charge in [0.1, 0.15) is 0 Å². The summed E-state index contributed by atoms with van der Waals surface area (Å²) in [5, 5.41) is 0. The SMILES string of the molecule is CN1CCN(C(=O)[C@@H]2CCC[C@@H]2CN)c2cccnc21. The maximum Gasteiger partial charge on any atom is 0.230 e.